The van der Waals surface area contributed by atoms with Crippen LogP contribution in [0.2, 0.25) is 0 Å². The molecule has 0 aromatic heterocycles. The Balaban J connectivity index is 3.03. The number of carbonyl (C=O) groups is 1. The summed E-state index contributed by atoms with van der Waals surface area (Å²) in [7, 11) is 0.713. The van der Waals surface area contributed by atoms with E-state index in [0.29, 0.717) is 21.6 Å². The van der Waals surface area contributed by atoms with E-state index in [-0.39, 0.29) is 5.97 Å². The molecule has 3 nitrogen and oxygen atoms in total. The van der Waals surface area contributed by atoms with E-state index >= 15 is 0 Å². The van der Waals surface area contributed by atoms with E-state index in [1.54, 1.807) is 0 Å². The number of rotatable bonds is 7. The Hall–Kier alpha value is -0.140. The molecule has 0 N–H and O–H groups in total. The Kier molecular flexibility index (Phi) is 8.85. The zero-order chi connectivity index (χ0) is 9.23. The third-order valence-electron chi connectivity index (χ3n) is 1.22. The minimum absolute atomic E-state index is 0.0958. The maximum atomic E-state index is 10.8. The van der Waals surface area contributed by atoms with Crippen molar-refractivity contribution in [2.45, 2.75) is 20.3 Å². The average molecular weight is 192 g/mol. The SMILES string of the molecule is CCOCPCCC(=O)OCC. The van der Waals surface area contributed by atoms with Gasteiger partial charge in [0, 0.05) is 13.0 Å². The molecule has 0 aliphatic carbocycles. The summed E-state index contributed by atoms with van der Waals surface area (Å²) in [4.78, 5) is 10.8. The molecule has 0 spiro atoms. The van der Waals surface area contributed by atoms with E-state index < -0.39 is 0 Å². The first-order chi connectivity index (χ1) is 5.81. The Morgan fingerprint density at radius 1 is 1.33 bits per heavy atom. The topological polar surface area (TPSA) is 35.5 Å². The Bertz CT molecular complexity index is 117. The summed E-state index contributed by atoms with van der Waals surface area (Å²) in [6.07, 6.45) is 2.19. The van der Waals surface area contributed by atoms with Gasteiger partial charge in [0.15, 0.2) is 0 Å². The van der Waals surface area contributed by atoms with Crippen molar-refractivity contribution in [2.75, 3.05) is 25.7 Å². The second-order valence-corrected chi connectivity index (χ2v) is 3.48. The molecule has 0 bridgehead atoms. The number of hydrogen-bond donors (Lipinski definition) is 0. The van der Waals surface area contributed by atoms with Crippen LogP contribution in [0.25, 0.3) is 0 Å². The molecule has 1 unspecified atom stereocenters. The van der Waals surface area contributed by atoms with Gasteiger partial charge in [-0.05, 0) is 20.0 Å². The standard InChI is InChI=1S/C8H17O3P/c1-3-10-7-12-6-5-8(9)11-4-2/h12H,3-7H2,1-2H3. The predicted octanol–water partition coefficient (Wildman–Crippen LogP) is 1.61. The summed E-state index contributed by atoms with van der Waals surface area (Å²) in [6, 6.07) is 0. The highest BCUT2D eigenvalue weighted by molar-refractivity contribution is 7.37. The first kappa shape index (κ1) is 11.9. The molecule has 0 fully saturated rings. The van der Waals surface area contributed by atoms with Gasteiger partial charge in [-0.3, -0.25) is 4.79 Å². The van der Waals surface area contributed by atoms with E-state index in [0.717, 1.165) is 19.1 Å². The summed E-state index contributed by atoms with van der Waals surface area (Å²) in [6.45, 7) is 5.02. The fourth-order valence-corrected chi connectivity index (χ4v) is 1.54. The van der Waals surface area contributed by atoms with Crippen molar-refractivity contribution < 1.29 is 14.3 Å². The first-order valence-corrected chi connectivity index (χ1v) is 5.66. The van der Waals surface area contributed by atoms with Crippen molar-refractivity contribution >= 4 is 14.6 Å². The van der Waals surface area contributed by atoms with E-state index in [1.807, 2.05) is 13.8 Å². The van der Waals surface area contributed by atoms with Crippen molar-refractivity contribution in [3.8, 4) is 0 Å². The minimum atomic E-state index is -0.0958. The van der Waals surface area contributed by atoms with Gasteiger partial charge in [-0.15, -0.1) is 0 Å². The first-order valence-electron chi connectivity index (χ1n) is 4.25. The number of carbonyl (C=O) groups excluding carboxylic acids is 1. The summed E-state index contributed by atoms with van der Waals surface area (Å²) in [5.74, 6) is -0.0958. The Morgan fingerprint density at radius 3 is 2.67 bits per heavy atom. The molecular weight excluding hydrogens is 175 g/mol. The normalized spacial score (nSPS) is 10.8. The van der Waals surface area contributed by atoms with Crippen molar-refractivity contribution in [1.29, 1.82) is 0 Å². The molecule has 0 radical (unpaired) electrons. The Labute approximate surface area is 75.6 Å². The highest BCUT2D eigenvalue weighted by Crippen LogP contribution is 2.11. The number of ether oxygens (including phenoxy) is 2. The van der Waals surface area contributed by atoms with Crippen LogP contribution in [-0.2, 0) is 14.3 Å². The van der Waals surface area contributed by atoms with Gasteiger partial charge in [-0.2, -0.15) is 0 Å². The maximum Gasteiger partial charge on any atom is 0.306 e. The molecule has 0 aromatic carbocycles. The van der Waals surface area contributed by atoms with Crippen LogP contribution in [0.4, 0.5) is 0 Å². The largest absolute Gasteiger partial charge is 0.466 e. The molecule has 0 saturated heterocycles. The average Bonchev–Trinajstić information content (AvgIpc) is 2.05. The highest BCUT2D eigenvalue weighted by atomic mass is 31.1. The monoisotopic (exact) mass is 192 g/mol. The van der Waals surface area contributed by atoms with Crippen LogP contribution in [-0.4, -0.2) is 31.7 Å². The molecule has 0 aliphatic heterocycles. The Morgan fingerprint density at radius 2 is 2.08 bits per heavy atom. The molecule has 0 heterocycles. The van der Waals surface area contributed by atoms with Crippen LogP contribution < -0.4 is 0 Å². The summed E-state index contributed by atoms with van der Waals surface area (Å²) < 4.78 is 9.91. The number of hydrogen-bond acceptors (Lipinski definition) is 3. The lowest BCUT2D eigenvalue weighted by atomic mass is 10.5. The quantitative estimate of drug-likeness (QED) is 0.349. The van der Waals surface area contributed by atoms with Crippen LogP contribution in [0, 0.1) is 0 Å². The van der Waals surface area contributed by atoms with Crippen molar-refractivity contribution in [2.24, 2.45) is 0 Å². The van der Waals surface area contributed by atoms with Crippen molar-refractivity contribution in [3.05, 3.63) is 0 Å². The molecular formula is C8H17O3P. The minimum Gasteiger partial charge on any atom is -0.466 e. The molecule has 12 heavy (non-hydrogen) atoms. The molecule has 72 valence electrons. The molecule has 0 aromatic rings. The molecule has 1 atom stereocenters. The van der Waals surface area contributed by atoms with Crippen LogP contribution in [0.15, 0.2) is 0 Å². The molecule has 0 saturated carbocycles. The fraction of sp³-hybridized carbons (Fsp3) is 0.875. The van der Waals surface area contributed by atoms with Crippen LogP contribution in [0.3, 0.4) is 0 Å². The van der Waals surface area contributed by atoms with E-state index in [9.17, 15) is 4.79 Å². The summed E-state index contributed by atoms with van der Waals surface area (Å²) in [5, 5.41) is 0. The lowest BCUT2D eigenvalue weighted by molar-refractivity contribution is -0.142. The third kappa shape index (κ3) is 7.96. The van der Waals surface area contributed by atoms with Gasteiger partial charge in [-0.1, -0.05) is 8.58 Å². The van der Waals surface area contributed by atoms with Gasteiger partial charge in [0.25, 0.3) is 0 Å². The van der Waals surface area contributed by atoms with Gasteiger partial charge in [0.2, 0.25) is 0 Å². The molecule has 0 aliphatic rings. The van der Waals surface area contributed by atoms with Gasteiger partial charge < -0.3 is 9.47 Å². The third-order valence-corrected chi connectivity index (χ3v) is 2.23. The maximum absolute atomic E-state index is 10.8. The fourth-order valence-electron chi connectivity index (χ4n) is 0.670. The summed E-state index contributed by atoms with van der Waals surface area (Å²) in [5.41, 5.74) is 0. The van der Waals surface area contributed by atoms with Gasteiger partial charge in [0.05, 0.1) is 13.0 Å². The van der Waals surface area contributed by atoms with E-state index in [1.165, 1.54) is 0 Å². The second-order valence-electron chi connectivity index (χ2n) is 2.19. The van der Waals surface area contributed by atoms with Crippen LogP contribution in [0.1, 0.15) is 20.3 Å². The lowest BCUT2D eigenvalue weighted by Gasteiger charge is -2.01. The van der Waals surface area contributed by atoms with Crippen LogP contribution >= 0.6 is 8.58 Å². The van der Waals surface area contributed by atoms with Gasteiger partial charge >= 0.3 is 5.97 Å². The van der Waals surface area contributed by atoms with Gasteiger partial charge in [0.1, 0.15) is 0 Å². The smallest absolute Gasteiger partial charge is 0.306 e. The second kappa shape index (κ2) is 8.95. The molecule has 0 amide bonds. The van der Waals surface area contributed by atoms with Crippen molar-refractivity contribution in [3.63, 3.8) is 0 Å². The number of esters is 1. The predicted molar refractivity (Wildman–Crippen MR) is 50.9 cm³/mol. The lowest BCUT2D eigenvalue weighted by Crippen LogP contribution is -2.04. The van der Waals surface area contributed by atoms with E-state index in [2.05, 4.69) is 0 Å². The van der Waals surface area contributed by atoms with Gasteiger partial charge in [-0.25, -0.2) is 0 Å². The van der Waals surface area contributed by atoms with Crippen LogP contribution in [0.5, 0.6) is 0 Å². The summed E-state index contributed by atoms with van der Waals surface area (Å²) >= 11 is 0. The highest BCUT2D eigenvalue weighted by Gasteiger charge is 1.99. The zero-order valence-electron chi connectivity index (χ0n) is 7.76. The van der Waals surface area contributed by atoms with E-state index in [4.69, 9.17) is 9.47 Å². The molecule has 4 heteroatoms. The molecule has 0 rings (SSSR count). The zero-order valence-corrected chi connectivity index (χ0v) is 8.76. The van der Waals surface area contributed by atoms with Crippen molar-refractivity contribution in [1.82, 2.24) is 0 Å².